The lowest BCUT2D eigenvalue weighted by molar-refractivity contribution is 0.136. The van der Waals surface area contributed by atoms with Crippen LogP contribution in [0.2, 0.25) is 0 Å². The molecular formula is C9H19NO. The fourth-order valence-electron chi connectivity index (χ4n) is 1.94. The maximum Gasteiger partial charge on any atom is 0.0554 e. The summed E-state index contributed by atoms with van der Waals surface area (Å²) in [4.78, 5) is 0. The van der Waals surface area contributed by atoms with E-state index < -0.39 is 0 Å². The van der Waals surface area contributed by atoms with Gasteiger partial charge in [0.1, 0.15) is 0 Å². The quantitative estimate of drug-likeness (QED) is 0.645. The van der Waals surface area contributed by atoms with Crippen molar-refractivity contribution in [2.75, 3.05) is 6.54 Å². The first-order valence-corrected chi connectivity index (χ1v) is 4.71. The Hall–Kier alpha value is -0.0800. The van der Waals surface area contributed by atoms with Crippen molar-refractivity contribution in [1.82, 2.24) is 0 Å². The highest BCUT2D eigenvalue weighted by Gasteiger charge is 2.17. The van der Waals surface area contributed by atoms with Gasteiger partial charge in [-0.2, -0.15) is 0 Å². The van der Waals surface area contributed by atoms with E-state index in [1.165, 1.54) is 25.7 Å². The van der Waals surface area contributed by atoms with E-state index in [9.17, 15) is 5.11 Å². The highest BCUT2D eigenvalue weighted by atomic mass is 16.3. The fraction of sp³-hybridized carbons (Fsp3) is 1.00. The van der Waals surface area contributed by atoms with Gasteiger partial charge in [0.25, 0.3) is 0 Å². The number of aliphatic hydroxyl groups excluding tert-OH is 1. The smallest absolute Gasteiger partial charge is 0.0554 e. The Balaban J connectivity index is 2.08. The van der Waals surface area contributed by atoms with E-state index in [0.29, 0.717) is 6.54 Å². The summed E-state index contributed by atoms with van der Waals surface area (Å²) in [5.41, 5.74) is 5.34. The Morgan fingerprint density at radius 2 is 2.00 bits per heavy atom. The summed E-state index contributed by atoms with van der Waals surface area (Å²) in [6, 6.07) is 0. The largest absolute Gasteiger partial charge is 0.393 e. The monoisotopic (exact) mass is 157 g/mol. The van der Waals surface area contributed by atoms with Gasteiger partial charge < -0.3 is 10.8 Å². The lowest BCUT2D eigenvalue weighted by atomic mass is 9.98. The van der Waals surface area contributed by atoms with Gasteiger partial charge in [0.05, 0.1) is 6.10 Å². The van der Waals surface area contributed by atoms with Crippen LogP contribution < -0.4 is 5.73 Å². The number of hydrogen-bond donors (Lipinski definition) is 2. The van der Waals surface area contributed by atoms with Gasteiger partial charge in [-0.3, -0.25) is 0 Å². The maximum atomic E-state index is 9.43. The zero-order valence-electron chi connectivity index (χ0n) is 7.13. The summed E-state index contributed by atoms with van der Waals surface area (Å²) in [5, 5.41) is 9.43. The Bertz CT molecular complexity index is 99.7. The molecule has 1 atom stereocenters. The summed E-state index contributed by atoms with van der Waals surface area (Å²) >= 11 is 0. The van der Waals surface area contributed by atoms with Crippen LogP contribution in [0.3, 0.4) is 0 Å². The zero-order valence-corrected chi connectivity index (χ0v) is 7.13. The van der Waals surface area contributed by atoms with Gasteiger partial charge in [0.15, 0.2) is 0 Å². The van der Waals surface area contributed by atoms with Crippen molar-refractivity contribution in [1.29, 1.82) is 0 Å². The first kappa shape index (κ1) is 9.01. The molecule has 0 bridgehead atoms. The Labute approximate surface area is 68.8 Å². The molecule has 66 valence electrons. The molecule has 0 saturated heterocycles. The summed E-state index contributed by atoms with van der Waals surface area (Å²) in [5.74, 6) is 0.788. The second-order valence-corrected chi connectivity index (χ2v) is 3.62. The molecule has 1 rings (SSSR count). The zero-order chi connectivity index (χ0) is 8.10. The van der Waals surface area contributed by atoms with Crippen LogP contribution in [0.5, 0.6) is 0 Å². The van der Waals surface area contributed by atoms with Gasteiger partial charge in [-0.25, -0.2) is 0 Å². The third-order valence-corrected chi connectivity index (χ3v) is 2.58. The number of nitrogens with two attached hydrogens (primary N) is 1. The third-order valence-electron chi connectivity index (χ3n) is 2.58. The van der Waals surface area contributed by atoms with Crippen LogP contribution in [-0.4, -0.2) is 17.8 Å². The molecule has 1 saturated carbocycles. The van der Waals surface area contributed by atoms with Crippen molar-refractivity contribution >= 4 is 0 Å². The van der Waals surface area contributed by atoms with Crippen LogP contribution in [-0.2, 0) is 0 Å². The van der Waals surface area contributed by atoms with Gasteiger partial charge in [0.2, 0.25) is 0 Å². The molecule has 0 unspecified atom stereocenters. The molecule has 1 aliphatic rings. The first-order chi connectivity index (χ1) is 5.33. The molecule has 0 aromatic heterocycles. The van der Waals surface area contributed by atoms with E-state index in [4.69, 9.17) is 5.73 Å². The van der Waals surface area contributed by atoms with Crippen molar-refractivity contribution in [2.45, 2.75) is 44.6 Å². The molecule has 2 nitrogen and oxygen atoms in total. The molecule has 1 aliphatic carbocycles. The van der Waals surface area contributed by atoms with Crippen LogP contribution in [0.25, 0.3) is 0 Å². The van der Waals surface area contributed by atoms with Gasteiger partial charge in [-0.1, -0.05) is 25.7 Å². The molecular weight excluding hydrogens is 138 g/mol. The molecule has 11 heavy (non-hydrogen) atoms. The number of aliphatic hydroxyl groups is 1. The molecule has 1 fully saturated rings. The van der Waals surface area contributed by atoms with E-state index in [1.807, 2.05) is 0 Å². The van der Waals surface area contributed by atoms with Crippen LogP contribution in [0.15, 0.2) is 0 Å². The summed E-state index contributed by atoms with van der Waals surface area (Å²) in [7, 11) is 0. The highest BCUT2D eigenvalue weighted by Crippen LogP contribution is 2.28. The average Bonchev–Trinajstić information content (AvgIpc) is 2.40. The first-order valence-electron chi connectivity index (χ1n) is 4.71. The number of rotatable bonds is 4. The van der Waals surface area contributed by atoms with Crippen molar-refractivity contribution in [3.05, 3.63) is 0 Å². The fourth-order valence-corrected chi connectivity index (χ4v) is 1.94. The summed E-state index contributed by atoms with van der Waals surface area (Å²) in [6.45, 7) is 0.619. The van der Waals surface area contributed by atoms with E-state index in [2.05, 4.69) is 0 Å². The molecule has 0 amide bonds. The third kappa shape index (κ3) is 3.21. The number of hydrogen-bond acceptors (Lipinski definition) is 2. The lowest BCUT2D eigenvalue weighted by Crippen LogP contribution is -2.16. The summed E-state index contributed by atoms with van der Waals surface area (Å²) in [6.07, 6.45) is 6.99. The molecule has 2 heteroatoms. The predicted octanol–water partition coefficient (Wildman–Crippen LogP) is 1.28. The maximum absolute atomic E-state index is 9.43. The summed E-state index contributed by atoms with van der Waals surface area (Å²) < 4.78 is 0. The van der Waals surface area contributed by atoms with Crippen molar-refractivity contribution in [3.63, 3.8) is 0 Å². The normalized spacial score (nSPS) is 22.4. The van der Waals surface area contributed by atoms with Gasteiger partial charge in [-0.15, -0.1) is 0 Å². The molecule has 0 heterocycles. The van der Waals surface area contributed by atoms with Crippen LogP contribution in [0, 0.1) is 5.92 Å². The standard InChI is InChI=1S/C9H19NO/c10-6-5-9(11)7-8-3-1-2-4-8/h8-9,11H,1-7,10H2/t9-/m0/s1. The minimum atomic E-state index is -0.136. The van der Waals surface area contributed by atoms with E-state index >= 15 is 0 Å². The van der Waals surface area contributed by atoms with Crippen molar-refractivity contribution < 1.29 is 5.11 Å². The van der Waals surface area contributed by atoms with E-state index in [1.54, 1.807) is 0 Å². The topological polar surface area (TPSA) is 46.2 Å². The molecule has 3 N–H and O–H groups in total. The Morgan fingerprint density at radius 1 is 1.36 bits per heavy atom. The van der Waals surface area contributed by atoms with Crippen molar-refractivity contribution in [2.24, 2.45) is 11.7 Å². The van der Waals surface area contributed by atoms with Gasteiger partial charge in [-0.05, 0) is 25.3 Å². The van der Waals surface area contributed by atoms with Crippen molar-refractivity contribution in [3.8, 4) is 0 Å². The molecule has 0 aliphatic heterocycles. The lowest BCUT2D eigenvalue weighted by Gasteiger charge is -2.13. The highest BCUT2D eigenvalue weighted by molar-refractivity contribution is 4.71. The average molecular weight is 157 g/mol. The second-order valence-electron chi connectivity index (χ2n) is 3.62. The van der Waals surface area contributed by atoms with E-state index in [0.717, 1.165) is 18.8 Å². The predicted molar refractivity (Wildman–Crippen MR) is 46.3 cm³/mol. The van der Waals surface area contributed by atoms with Crippen LogP contribution in [0.4, 0.5) is 0 Å². The Kier molecular flexibility index (Phi) is 3.87. The Morgan fingerprint density at radius 3 is 2.55 bits per heavy atom. The minimum absolute atomic E-state index is 0.136. The van der Waals surface area contributed by atoms with Crippen LogP contribution >= 0.6 is 0 Å². The van der Waals surface area contributed by atoms with Crippen LogP contribution in [0.1, 0.15) is 38.5 Å². The van der Waals surface area contributed by atoms with E-state index in [-0.39, 0.29) is 6.10 Å². The molecule has 0 aromatic rings. The minimum Gasteiger partial charge on any atom is -0.393 e. The molecule has 0 aromatic carbocycles. The SMILES string of the molecule is NCC[C@H](O)CC1CCCC1. The van der Waals surface area contributed by atoms with Gasteiger partial charge in [0, 0.05) is 0 Å². The molecule has 0 radical (unpaired) electrons. The molecule has 0 spiro atoms. The van der Waals surface area contributed by atoms with Gasteiger partial charge >= 0.3 is 0 Å². The second kappa shape index (κ2) is 4.73.